The van der Waals surface area contributed by atoms with Crippen molar-refractivity contribution in [3.63, 3.8) is 0 Å². The molecule has 3 N–H and O–H groups in total. The smallest absolute Gasteiger partial charge is 0.224 e. The van der Waals surface area contributed by atoms with Crippen LogP contribution in [0.3, 0.4) is 0 Å². The van der Waals surface area contributed by atoms with Gasteiger partial charge in [0.1, 0.15) is 0 Å². The van der Waals surface area contributed by atoms with E-state index >= 15 is 0 Å². The quantitative estimate of drug-likeness (QED) is 0.582. The fourth-order valence-corrected chi connectivity index (χ4v) is 1.68. The van der Waals surface area contributed by atoms with E-state index in [0.717, 1.165) is 0 Å². The van der Waals surface area contributed by atoms with E-state index < -0.39 is 6.10 Å². The highest BCUT2D eigenvalue weighted by Gasteiger charge is 2.31. The average molecular weight is 277 g/mol. The van der Waals surface area contributed by atoms with E-state index in [1.54, 1.807) is 0 Å². The summed E-state index contributed by atoms with van der Waals surface area (Å²) in [5, 5.41) is 15.8. The zero-order valence-electron chi connectivity index (χ0n) is 12.3. The molecule has 2 unspecified atom stereocenters. The van der Waals surface area contributed by atoms with Crippen molar-refractivity contribution >= 4 is 15.3 Å². The largest absolute Gasteiger partial charge is 0.390 e. The summed E-state index contributed by atoms with van der Waals surface area (Å²) in [6, 6.07) is -0.261. The van der Waals surface area contributed by atoms with Crippen molar-refractivity contribution in [2.45, 2.75) is 45.4 Å². The SMILES string of the molecule is CC(C(=O)N[C@@H](C)[C@H](O)CN(C)C)C(C)(C)NP. The second-order valence-corrected chi connectivity index (χ2v) is 6.00. The minimum atomic E-state index is -0.566. The summed E-state index contributed by atoms with van der Waals surface area (Å²) in [5.74, 6) is -0.246. The summed E-state index contributed by atoms with van der Waals surface area (Å²) in [6.45, 7) is 8.15. The molecule has 18 heavy (non-hydrogen) atoms. The minimum absolute atomic E-state index is 0.0553. The van der Waals surface area contributed by atoms with Gasteiger partial charge < -0.3 is 15.3 Å². The Morgan fingerprint density at radius 1 is 1.39 bits per heavy atom. The zero-order chi connectivity index (χ0) is 14.5. The molecule has 0 aliphatic heterocycles. The maximum atomic E-state index is 12.1. The predicted molar refractivity (Wildman–Crippen MR) is 78.3 cm³/mol. The van der Waals surface area contributed by atoms with Crippen LogP contribution in [0.15, 0.2) is 0 Å². The summed E-state index contributed by atoms with van der Waals surface area (Å²) in [7, 11) is 6.22. The number of nitrogens with zero attached hydrogens (tertiary/aromatic N) is 1. The standard InChI is InChI=1S/C12H28N3O2P/c1-8(12(3,4)14-18)11(17)13-9(2)10(16)7-15(5)6/h8-10,14,16H,7,18H2,1-6H3,(H,13,17)/t8?,9-,10+/m0/s1. The van der Waals surface area contributed by atoms with Crippen LogP contribution < -0.4 is 10.4 Å². The van der Waals surface area contributed by atoms with Gasteiger partial charge in [-0.2, -0.15) is 0 Å². The van der Waals surface area contributed by atoms with Gasteiger partial charge in [0, 0.05) is 12.1 Å². The summed E-state index contributed by atoms with van der Waals surface area (Å²) in [6.07, 6.45) is -0.566. The molecule has 0 heterocycles. The Hall–Kier alpha value is -0.220. The second-order valence-electron chi connectivity index (χ2n) is 5.71. The van der Waals surface area contributed by atoms with Crippen LogP contribution in [0.5, 0.6) is 0 Å². The molecule has 0 radical (unpaired) electrons. The van der Waals surface area contributed by atoms with E-state index in [1.165, 1.54) is 0 Å². The van der Waals surface area contributed by atoms with Crippen molar-refractivity contribution in [3.05, 3.63) is 0 Å². The molecule has 6 heteroatoms. The van der Waals surface area contributed by atoms with Gasteiger partial charge in [-0.15, -0.1) is 0 Å². The van der Waals surface area contributed by atoms with Gasteiger partial charge in [-0.3, -0.25) is 9.88 Å². The monoisotopic (exact) mass is 277 g/mol. The van der Waals surface area contributed by atoms with E-state index in [4.69, 9.17) is 0 Å². The highest BCUT2D eigenvalue weighted by atomic mass is 31.0. The van der Waals surface area contributed by atoms with Crippen molar-refractivity contribution in [2.75, 3.05) is 20.6 Å². The summed E-state index contributed by atoms with van der Waals surface area (Å²) < 4.78 is 0. The Labute approximate surface area is 113 Å². The lowest BCUT2D eigenvalue weighted by atomic mass is 9.89. The molecule has 0 aliphatic carbocycles. The van der Waals surface area contributed by atoms with E-state index in [-0.39, 0.29) is 23.4 Å². The first-order chi connectivity index (χ1) is 8.11. The number of likely N-dealkylation sites (N-methyl/N-ethyl adjacent to an activating group) is 1. The third-order valence-corrected chi connectivity index (χ3v) is 4.09. The van der Waals surface area contributed by atoms with Crippen molar-refractivity contribution in [1.82, 2.24) is 15.3 Å². The molecule has 1 amide bonds. The van der Waals surface area contributed by atoms with E-state index in [2.05, 4.69) is 19.8 Å². The fraction of sp³-hybridized carbons (Fsp3) is 0.917. The summed E-state index contributed by atoms with van der Waals surface area (Å²) in [4.78, 5) is 14.0. The number of carbonyl (C=O) groups is 1. The van der Waals surface area contributed by atoms with Crippen LogP contribution in [0.4, 0.5) is 0 Å². The van der Waals surface area contributed by atoms with Gasteiger partial charge in [-0.25, -0.2) is 0 Å². The Balaban J connectivity index is 4.39. The first kappa shape index (κ1) is 17.8. The lowest BCUT2D eigenvalue weighted by Gasteiger charge is -2.32. The molecular weight excluding hydrogens is 249 g/mol. The molecule has 0 aromatic carbocycles. The van der Waals surface area contributed by atoms with E-state index in [0.29, 0.717) is 6.54 Å². The van der Waals surface area contributed by atoms with Crippen LogP contribution in [0.25, 0.3) is 0 Å². The van der Waals surface area contributed by atoms with Gasteiger partial charge in [0.25, 0.3) is 0 Å². The maximum absolute atomic E-state index is 12.1. The first-order valence-corrected chi connectivity index (χ1v) is 6.80. The highest BCUT2D eigenvalue weighted by Crippen LogP contribution is 2.18. The molecule has 0 spiro atoms. The Morgan fingerprint density at radius 3 is 2.28 bits per heavy atom. The van der Waals surface area contributed by atoms with Crippen molar-refractivity contribution < 1.29 is 9.90 Å². The number of carbonyl (C=O) groups excluding carboxylic acids is 1. The Kier molecular flexibility index (Phi) is 7.30. The minimum Gasteiger partial charge on any atom is -0.390 e. The molecule has 0 saturated carbocycles. The highest BCUT2D eigenvalue weighted by molar-refractivity contribution is 7.13. The number of hydrogen-bond acceptors (Lipinski definition) is 4. The third kappa shape index (κ3) is 5.61. The maximum Gasteiger partial charge on any atom is 0.224 e. The second kappa shape index (κ2) is 7.39. The van der Waals surface area contributed by atoms with Gasteiger partial charge >= 0.3 is 0 Å². The van der Waals surface area contributed by atoms with Crippen LogP contribution in [0, 0.1) is 5.92 Å². The van der Waals surface area contributed by atoms with Crippen molar-refractivity contribution in [1.29, 1.82) is 0 Å². The van der Waals surface area contributed by atoms with Gasteiger partial charge in [0.05, 0.1) is 18.1 Å². The topological polar surface area (TPSA) is 64.6 Å². The van der Waals surface area contributed by atoms with Crippen LogP contribution in [0.2, 0.25) is 0 Å². The lowest BCUT2D eigenvalue weighted by molar-refractivity contribution is -0.127. The Bertz CT molecular complexity index is 272. The third-order valence-electron chi connectivity index (χ3n) is 3.35. The average Bonchev–Trinajstić information content (AvgIpc) is 2.26. The van der Waals surface area contributed by atoms with Crippen molar-refractivity contribution in [2.24, 2.45) is 5.92 Å². The lowest BCUT2D eigenvalue weighted by Crippen LogP contribution is -2.52. The van der Waals surface area contributed by atoms with Gasteiger partial charge in [0.2, 0.25) is 5.91 Å². The number of nitrogens with one attached hydrogen (secondary N) is 2. The number of aliphatic hydroxyl groups is 1. The van der Waals surface area contributed by atoms with Gasteiger partial charge in [-0.1, -0.05) is 16.3 Å². The number of aliphatic hydroxyl groups excluding tert-OH is 1. The molecule has 5 nitrogen and oxygen atoms in total. The molecule has 0 saturated heterocycles. The molecule has 0 aromatic rings. The van der Waals surface area contributed by atoms with E-state index in [1.807, 2.05) is 46.7 Å². The summed E-state index contributed by atoms with van der Waals surface area (Å²) in [5.41, 5.74) is -0.305. The van der Waals surface area contributed by atoms with Crippen LogP contribution in [0.1, 0.15) is 27.7 Å². The number of amides is 1. The first-order valence-electron chi connectivity index (χ1n) is 6.22. The summed E-state index contributed by atoms with van der Waals surface area (Å²) >= 11 is 0. The molecule has 0 aliphatic rings. The van der Waals surface area contributed by atoms with Crippen LogP contribution in [-0.2, 0) is 4.79 Å². The van der Waals surface area contributed by atoms with Gasteiger partial charge in [0.15, 0.2) is 0 Å². The van der Waals surface area contributed by atoms with Crippen LogP contribution in [-0.4, -0.2) is 54.2 Å². The molecular formula is C12H28N3O2P. The van der Waals surface area contributed by atoms with Gasteiger partial charge in [-0.05, 0) is 34.9 Å². The zero-order valence-corrected chi connectivity index (χ0v) is 13.5. The predicted octanol–water partition coefficient (Wildman–Crippen LogP) is 0.208. The van der Waals surface area contributed by atoms with E-state index in [9.17, 15) is 9.90 Å². The normalized spacial score (nSPS) is 17.4. The molecule has 108 valence electrons. The molecule has 0 fully saturated rings. The number of hydrogen-bond donors (Lipinski definition) is 3. The van der Waals surface area contributed by atoms with Crippen LogP contribution >= 0.6 is 9.39 Å². The molecule has 0 aromatic heterocycles. The number of rotatable bonds is 7. The molecule has 4 atom stereocenters. The fourth-order valence-electron chi connectivity index (χ4n) is 1.43. The Morgan fingerprint density at radius 2 is 1.89 bits per heavy atom. The van der Waals surface area contributed by atoms with Crippen molar-refractivity contribution in [3.8, 4) is 0 Å². The molecule has 0 bridgehead atoms. The molecule has 0 rings (SSSR count).